The number of rotatable bonds is 6. The Morgan fingerprint density at radius 3 is 2.43 bits per heavy atom. The van der Waals surface area contributed by atoms with E-state index in [1.165, 1.54) is 31.6 Å². The van der Waals surface area contributed by atoms with E-state index in [0.29, 0.717) is 5.92 Å². The summed E-state index contributed by atoms with van der Waals surface area (Å²) in [5.41, 5.74) is 2.34. The number of hydrogen-bond acceptors (Lipinski definition) is 5. The first-order valence-corrected chi connectivity index (χ1v) is 8.38. The van der Waals surface area contributed by atoms with Crippen LogP contribution >= 0.6 is 0 Å². The molecule has 1 saturated heterocycles. The summed E-state index contributed by atoms with van der Waals surface area (Å²) < 4.78 is 0. The van der Waals surface area contributed by atoms with Crippen molar-refractivity contribution in [2.45, 2.75) is 26.7 Å². The topological polar surface area (TPSA) is 53.1 Å². The summed E-state index contributed by atoms with van der Waals surface area (Å²) in [6.07, 6.45) is 4.18. The molecule has 0 bridgehead atoms. The van der Waals surface area contributed by atoms with Crippen molar-refractivity contribution >= 4 is 23.0 Å². The van der Waals surface area contributed by atoms with Crippen LogP contribution in [0.3, 0.4) is 0 Å². The summed E-state index contributed by atoms with van der Waals surface area (Å²) in [5, 5.41) is 6.66. The molecule has 1 aliphatic heterocycles. The molecular formula is C18H25N5. The molecule has 5 nitrogen and oxygen atoms in total. The van der Waals surface area contributed by atoms with Crippen molar-refractivity contribution in [3.05, 3.63) is 36.7 Å². The van der Waals surface area contributed by atoms with E-state index in [1.807, 2.05) is 6.07 Å². The first kappa shape index (κ1) is 15.6. The molecule has 122 valence electrons. The molecule has 1 aromatic carbocycles. The van der Waals surface area contributed by atoms with Crippen molar-refractivity contribution < 1.29 is 0 Å². The normalized spacial score (nSPS) is 14.3. The zero-order valence-corrected chi connectivity index (χ0v) is 13.9. The van der Waals surface area contributed by atoms with Crippen LogP contribution in [0.15, 0.2) is 36.7 Å². The van der Waals surface area contributed by atoms with Crippen LogP contribution in [0.1, 0.15) is 26.7 Å². The lowest BCUT2D eigenvalue weighted by Gasteiger charge is -2.18. The summed E-state index contributed by atoms with van der Waals surface area (Å²) in [7, 11) is 0. The monoisotopic (exact) mass is 311 g/mol. The van der Waals surface area contributed by atoms with Crippen LogP contribution in [0.2, 0.25) is 0 Å². The fourth-order valence-corrected chi connectivity index (χ4v) is 2.71. The highest BCUT2D eigenvalue weighted by molar-refractivity contribution is 5.62. The summed E-state index contributed by atoms with van der Waals surface area (Å²) in [4.78, 5) is 11.0. The quantitative estimate of drug-likeness (QED) is 0.847. The van der Waals surface area contributed by atoms with Gasteiger partial charge in [0.05, 0.1) is 0 Å². The first-order valence-electron chi connectivity index (χ1n) is 8.38. The highest BCUT2D eigenvalue weighted by Crippen LogP contribution is 2.23. The molecule has 0 saturated carbocycles. The summed E-state index contributed by atoms with van der Waals surface area (Å²) in [6, 6.07) is 10.5. The van der Waals surface area contributed by atoms with Crippen molar-refractivity contribution in [2.24, 2.45) is 5.92 Å². The summed E-state index contributed by atoms with van der Waals surface area (Å²) >= 11 is 0. The van der Waals surface area contributed by atoms with E-state index in [0.717, 1.165) is 23.9 Å². The maximum Gasteiger partial charge on any atom is 0.135 e. The number of benzene rings is 1. The van der Waals surface area contributed by atoms with E-state index in [4.69, 9.17) is 0 Å². The van der Waals surface area contributed by atoms with Crippen molar-refractivity contribution in [2.75, 3.05) is 35.2 Å². The molecule has 1 aromatic heterocycles. The predicted molar refractivity (Wildman–Crippen MR) is 96.5 cm³/mol. The van der Waals surface area contributed by atoms with Gasteiger partial charge in [-0.1, -0.05) is 13.8 Å². The van der Waals surface area contributed by atoms with E-state index in [1.54, 1.807) is 6.33 Å². The molecule has 3 rings (SSSR count). The molecule has 0 aliphatic carbocycles. The van der Waals surface area contributed by atoms with Gasteiger partial charge in [0.2, 0.25) is 0 Å². The number of aromatic nitrogens is 2. The minimum Gasteiger partial charge on any atom is -0.372 e. The average molecular weight is 311 g/mol. The van der Waals surface area contributed by atoms with Crippen LogP contribution < -0.4 is 15.5 Å². The van der Waals surface area contributed by atoms with E-state index in [9.17, 15) is 0 Å². The molecule has 1 aliphatic rings. The Morgan fingerprint density at radius 2 is 1.74 bits per heavy atom. The maximum absolute atomic E-state index is 4.29. The lowest BCUT2D eigenvalue weighted by atomic mass is 10.2. The summed E-state index contributed by atoms with van der Waals surface area (Å²) in [6.45, 7) is 7.60. The number of nitrogens with zero attached hydrogens (tertiary/aromatic N) is 3. The van der Waals surface area contributed by atoms with Crippen LogP contribution in [0.5, 0.6) is 0 Å². The molecule has 1 fully saturated rings. The highest BCUT2D eigenvalue weighted by Gasteiger charge is 2.11. The number of nitrogens with one attached hydrogen (secondary N) is 2. The SMILES string of the molecule is CC(C)CNc1cc(Nc2ccc(N3CCCC3)cc2)ncn1. The third-order valence-corrected chi connectivity index (χ3v) is 3.97. The van der Waals surface area contributed by atoms with Crippen LogP contribution in [-0.4, -0.2) is 29.6 Å². The fraction of sp³-hybridized carbons (Fsp3) is 0.444. The van der Waals surface area contributed by atoms with Crippen LogP contribution in [0.4, 0.5) is 23.0 Å². The van der Waals surface area contributed by atoms with Gasteiger partial charge in [0.15, 0.2) is 0 Å². The Hall–Kier alpha value is -2.30. The Morgan fingerprint density at radius 1 is 1.04 bits per heavy atom. The minimum atomic E-state index is 0.583. The van der Waals surface area contributed by atoms with Gasteiger partial charge in [0.25, 0.3) is 0 Å². The molecule has 2 heterocycles. The van der Waals surface area contributed by atoms with Crippen molar-refractivity contribution in [3.8, 4) is 0 Å². The molecule has 23 heavy (non-hydrogen) atoms. The molecule has 0 radical (unpaired) electrons. The zero-order valence-electron chi connectivity index (χ0n) is 13.9. The van der Waals surface area contributed by atoms with Gasteiger partial charge in [-0.25, -0.2) is 9.97 Å². The van der Waals surface area contributed by atoms with E-state index in [2.05, 4.69) is 63.6 Å². The van der Waals surface area contributed by atoms with Gasteiger partial charge >= 0.3 is 0 Å². The molecule has 2 N–H and O–H groups in total. The van der Waals surface area contributed by atoms with E-state index >= 15 is 0 Å². The second-order valence-electron chi connectivity index (χ2n) is 6.43. The second-order valence-corrected chi connectivity index (χ2v) is 6.43. The van der Waals surface area contributed by atoms with E-state index in [-0.39, 0.29) is 0 Å². The summed E-state index contributed by atoms with van der Waals surface area (Å²) in [5.74, 6) is 2.24. The zero-order chi connectivity index (χ0) is 16.1. The third-order valence-electron chi connectivity index (χ3n) is 3.97. The highest BCUT2D eigenvalue weighted by atomic mass is 15.1. The van der Waals surface area contributed by atoms with Crippen LogP contribution in [0.25, 0.3) is 0 Å². The van der Waals surface area contributed by atoms with Gasteiger partial charge in [-0.15, -0.1) is 0 Å². The Balaban J connectivity index is 1.63. The number of hydrogen-bond donors (Lipinski definition) is 2. The van der Waals surface area contributed by atoms with Crippen LogP contribution in [-0.2, 0) is 0 Å². The average Bonchev–Trinajstić information content (AvgIpc) is 3.08. The lowest BCUT2D eigenvalue weighted by molar-refractivity contribution is 0.687. The van der Waals surface area contributed by atoms with Gasteiger partial charge in [-0.05, 0) is 43.0 Å². The molecule has 5 heteroatoms. The largest absolute Gasteiger partial charge is 0.372 e. The maximum atomic E-state index is 4.29. The third kappa shape index (κ3) is 4.34. The number of anilines is 4. The van der Waals surface area contributed by atoms with Gasteiger partial charge in [0, 0.05) is 37.1 Å². The smallest absolute Gasteiger partial charge is 0.135 e. The van der Waals surface area contributed by atoms with Crippen molar-refractivity contribution in [1.82, 2.24) is 9.97 Å². The van der Waals surface area contributed by atoms with Gasteiger partial charge < -0.3 is 15.5 Å². The van der Waals surface area contributed by atoms with Gasteiger partial charge in [-0.3, -0.25) is 0 Å². The first-order chi connectivity index (χ1) is 11.2. The Kier molecular flexibility index (Phi) is 4.95. The molecule has 0 unspecified atom stereocenters. The van der Waals surface area contributed by atoms with Crippen molar-refractivity contribution in [3.63, 3.8) is 0 Å². The Labute approximate surface area is 138 Å². The van der Waals surface area contributed by atoms with Crippen molar-refractivity contribution in [1.29, 1.82) is 0 Å². The standard InChI is InChI=1S/C18H25N5/c1-14(2)12-19-17-11-18(21-13-20-17)22-15-5-7-16(8-6-15)23-9-3-4-10-23/h5-8,11,13-14H,3-4,9-10,12H2,1-2H3,(H2,19,20,21,22). The molecule has 0 atom stereocenters. The molecule has 0 spiro atoms. The predicted octanol–water partition coefficient (Wildman–Crippen LogP) is 3.89. The fourth-order valence-electron chi connectivity index (χ4n) is 2.71. The lowest BCUT2D eigenvalue weighted by Crippen LogP contribution is -2.17. The second kappa shape index (κ2) is 7.31. The van der Waals surface area contributed by atoms with E-state index < -0.39 is 0 Å². The van der Waals surface area contributed by atoms with Gasteiger partial charge in [-0.2, -0.15) is 0 Å². The molecule has 2 aromatic rings. The van der Waals surface area contributed by atoms with Crippen LogP contribution in [0, 0.1) is 5.92 Å². The molecule has 0 amide bonds. The Bertz CT molecular complexity index is 618. The van der Waals surface area contributed by atoms with Gasteiger partial charge in [0.1, 0.15) is 18.0 Å². The minimum absolute atomic E-state index is 0.583. The molecular weight excluding hydrogens is 286 g/mol.